The van der Waals surface area contributed by atoms with Crippen LogP contribution in [0.25, 0.3) is 11.0 Å². The number of carbonyl (C=O) groups excluding carboxylic acids is 1. The van der Waals surface area contributed by atoms with Gasteiger partial charge in [0, 0.05) is 48.5 Å². The molecule has 0 unspecified atom stereocenters. The lowest BCUT2D eigenvalue weighted by Crippen LogP contribution is -2.47. The number of likely N-dealkylation sites (tertiary alicyclic amines) is 1. The highest BCUT2D eigenvalue weighted by atomic mass is 35.5. The number of aromatic nitrogens is 3. The second kappa shape index (κ2) is 9.87. The lowest BCUT2D eigenvalue weighted by atomic mass is 9.88. The Morgan fingerprint density at radius 1 is 1.15 bits per heavy atom. The number of benzene rings is 2. The third-order valence-corrected chi connectivity index (χ3v) is 7.92. The quantitative estimate of drug-likeness (QED) is 0.349. The molecule has 1 saturated heterocycles. The van der Waals surface area contributed by atoms with Crippen LogP contribution in [0.4, 0.5) is 5.69 Å². The molecule has 2 N–H and O–H groups in total. The summed E-state index contributed by atoms with van der Waals surface area (Å²) in [5.74, 6) is -0.0251. The summed E-state index contributed by atoms with van der Waals surface area (Å²) in [5, 5.41) is 14.0. The van der Waals surface area contributed by atoms with Crippen LogP contribution in [-0.4, -0.2) is 49.6 Å². The number of rotatable bonds is 6. The number of para-hydroxylation sites is 1. The van der Waals surface area contributed by atoms with E-state index in [0.29, 0.717) is 43.1 Å². The van der Waals surface area contributed by atoms with Gasteiger partial charge in [0.1, 0.15) is 10.7 Å². The van der Waals surface area contributed by atoms with E-state index in [2.05, 4.69) is 19.7 Å². The molecule has 0 spiro atoms. The van der Waals surface area contributed by atoms with Gasteiger partial charge in [-0.05, 0) is 61.2 Å². The molecular formula is C24H22ClN5O2S2. The van der Waals surface area contributed by atoms with Crippen LogP contribution in [0.1, 0.15) is 28.2 Å². The van der Waals surface area contributed by atoms with Gasteiger partial charge in [0.25, 0.3) is 5.91 Å². The number of nitrogens with zero attached hydrogens (tertiary/aromatic N) is 4. The van der Waals surface area contributed by atoms with Crippen molar-refractivity contribution in [3.05, 3.63) is 76.0 Å². The van der Waals surface area contributed by atoms with Crippen LogP contribution in [0.5, 0.6) is 0 Å². The summed E-state index contributed by atoms with van der Waals surface area (Å²) in [4.78, 5) is 28.8. The van der Waals surface area contributed by atoms with Crippen LogP contribution < -0.4 is 4.72 Å². The van der Waals surface area contributed by atoms with Gasteiger partial charge in [-0.25, -0.2) is 4.98 Å². The Hall–Kier alpha value is -2.72. The molecule has 3 heterocycles. The number of nitrogens with one attached hydrogen (secondary N) is 1. The number of thiazole rings is 1. The number of aliphatic hydroxyl groups is 1. The molecule has 0 atom stereocenters. The Bertz CT molecular complexity index is 1300. The van der Waals surface area contributed by atoms with Crippen molar-refractivity contribution in [2.24, 2.45) is 0 Å². The Morgan fingerprint density at radius 2 is 1.91 bits per heavy atom. The van der Waals surface area contributed by atoms with Crippen LogP contribution >= 0.6 is 34.9 Å². The van der Waals surface area contributed by atoms with Gasteiger partial charge in [-0.15, -0.1) is 11.3 Å². The van der Waals surface area contributed by atoms with Gasteiger partial charge < -0.3 is 14.7 Å². The molecule has 0 radical (unpaired) electrons. The molecule has 0 bridgehead atoms. The minimum atomic E-state index is -0.852. The van der Waals surface area contributed by atoms with Crippen molar-refractivity contribution in [2.75, 3.05) is 17.8 Å². The lowest BCUT2D eigenvalue weighted by molar-refractivity contribution is -0.0162. The standard InChI is InChI=1S/C24H22ClN5O2S2/c25-20-15-33-21(28-20)14-24(32)8-12-30(13-9-24)23(31)16-4-6-17(7-5-16)29-34-19-3-1-2-18-22(19)27-11-10-26-18/h1-7,10-11,15,29,32H,8-9,12-14H2. The monoisotopic (exact) mass is 511 g/mol. The lowest BCUT2D eigenvalue weighted by Gasteiger charge is -2.38. The number of carbonyl (C=O) groups is 1. The summed E-state index contributed by atoms with van der Waals surface area (Å²) >= 11 is 8.81. The zero-order chi connectivity index (χ0) is 23.5. The van der Waals surface area contributed by atoms with E-state index in [1.165, 1.54) is 23.3 Å². The van der Waals surface area contributed by atoms with Gasteiger partial charge in [0.2, 0.25) is 0 Å². The Labute approximate surface area is 210 Å². The van der Waals surface area contributed by atoms with Crippen molar-refractivity contribution >= 4 is 57.5 Å². The number of fused-ring (bicyclic) bond motifs is 1. The molecule has 7 nitrogen and oxygen atoms in total. The number of anilines is 1. The predicted octanol–water partition coefficient (Wildman–Crippen LogP) is 5.07. The van der Waals surface area contributed by atoms with Crippen LogP contribution in [0.3, 0.4) is 0 Å². The zero-order valence-electron chi connectivity index (χ0n) is 18.1. The van der Waals surface area contributed by atoms with Gasteiger partial charge >= 0.3 is 0 Å². The molecule has 5 rings (SSSR count). The zero-order valence-corrected chi connectivity index (χ0v) is 20.5. The molecule has 0 saturated carbocycles. The third kappa shape index (κ3) is 5.17. The molecule has 1 aliphatic rings. The highest BCUT2D eigenvalue weighted by Gasteiger charge is 2.35. The summed E-state index contributed by atoms with van der Waals surface area (Å²) in [6.07, 6.45) is 4.86. The van der Waals surface area contributed by atoms with E-state index in [1.807, 2.05) is 42.5 Å². The number of amides is 1. The summed E-state index contributed by atoms with van der Waals surface area (Å²) < 4.78 is 3.31. The maximum Gasteiger partial charge on any atom is 0.253 e. The fourth-order valence-electron chi connectivity index (χ4n) is 3.98. The van der Waals surface area contributed by atoms with Gasteiger partial charge in [-0.2, -0.15) is 0 Å². The molecule has 2 aromatic carbocycles. The molecular weight excluding hydrogens is 490 g/mol. The number of piperidine rings is 1. The van der Waals surface area contributed by atoms with E-state index in [4.69, 9.17) is 11.6 Å². The van der Waals surface area contributed by atoms with Crippen LogP contribution in [0.15, 0.2) is 65.1 Å². The maximum absolute atomic E-state index is 13.0. The molecule has 34 heavy (non-hydrogen) atoms. The minimum absolute atomic E-state index is 0.0251. The predicted molar refractivity (Wildman–Crippen MR) is 136 cm³/mol. The number of hydrogen-bond acceptors (Lipinski definition) is 8. The maximum atomic E-state index is 13.0. The summed E-state index contributed by atoms with van der Waals surface area (Å²) in [7, 11) is 0. The van der Waals surface area contributed by atoms with E-state index in [1.54, 1.807) is 22.7 Å². The fourth-order valence-corrected chi connectivity index (χ4v) is 5.82. The van der Waals surface area contributed by atoms with Gasteiger partial charge in [0.05, 0.1) is 21.0 Å². The average Bonchev–Trinajstić information content (AvgIpc) is 3.26. The smallest absolute Gasteiger partial charge is 0.253 e. The molecule has 4 aromatic rings. The number of halogens is 1. The van der Waals surface area contributed by atoms with E-state index < -0.39 is 5.60 Å². The van der Waals surface area contributed by atoms with Gasteiger partial charge in [-0.1, -0.05) is 17.7 Å². The molecule has 10 heteroatoms. The molecule has 2 aromatic heterocycles. The molecule has 1 aliphatic heterocycles. The van der Waals surface area contributed by atoms with Crippen LogP contribution in [-0.2, 0) is 6.42 Å². The summed E-state index contributed by atoms with van der Waals surface area (Å²) in [6.45, 7) is 1.01. The van der Waals surface area contributed by atoms with Crippen molar-refractivity contribution in [1.82, 2.24) is 19.9 Å². The normalized spacial score (nSPS) is 15.4. The largest absolute Gasteiger partial charge is 0.389 e. The van der Waals surface area contributed by atoms with Gasteiger partial charge in [-0.3, -0.25) is 14.8 Å². The van der Waals surface area contributed by atoms with Crippen LogP contribution in [0, 0.1) is 0 Å². The summed E-state index contributed by atoms with van der Waals surface area (Å²) in [6, 6.07) is 13.3. The fraction of sp³-hybridized carbons (Fsp3) is 0.250. The molecule has 174 valence electrons. The first-order valence-electron chi connectivity index (χ1n) is 10.8. The SMILES string of the molecule is O=C(c1ccc(NSc2cccc3nccnc23)cc1)N1CCC(O)(Cc2nc(Cl)cs2)CC1. The van der Waals surface area contributed by atoms with Crippen LogP contribution in [0.2, 0.25) is 5.15 Å². The Morgan fingerprint density at radius 3 is 2.65 bits per heavy atom. The Balaban J connectivity index is 1.17. The van der Waals surface area contributed by atoms with E-state index in [9.17, 15) is 9.90 Å². The van der Waals surface area contributed by atoms with Crippen molar-refractivity contribution < 1.29 is 9.90 Å². The highest BCUT2D eigenvalue weighted by molar-refractivity contribution is 8.00. The first-order chi connectivity index (χ1) is 16.5. The summed E-state index contributed by atoms with van der Waals surface area (Å²) in [5.41, 5.74) is 2.35. The third-order valence-electron chi connectivity index (χ3n) is 5.86. The van der Waals surface area contributed by atoms with Crippen molar-refractivity contribution in [1.29, 1.82) is 0 Å². The number of hydrogen-bond donors (Lipinski definition) is 2. The van der Waals surface area contributed by atoms with E-state index in [-0.39, 0.29) is 5.91 Å². The molecule has 1 fully saturated rings. The van der Waals surface area contributed by atoms with Crippen molar-refractivity contribution in [2.45, 2.75) is 29.8 Å². The highest BCUT2D eigenvalue weighted by Crippen LogP contribution is 2.30. The van der Waals surface area contributed by atoms with Gasteiger partial charge in [0.15, 0.2) is 0 Å². The first kappa shape index (κ1) is 23.0. The second-order valence-electron chi connectivity index (χ2n) is 8.22. The Kier molecular flexibility index (Phi) is 6.69. The van der Waals surface area contributed by atoms with E-state index >= 15 is 0 Å². The molecule has 1 amide bonds. The first-order valence-corrected chi connectivity index (χ1v) is 12.9. The topological polar surface area (TPSA) is 91.2 Å². The van der Waals surface area contributed by atoms with Crippen molar-refractivity contribution in [3.63, 3.8) is 0 Å². The average molecular weight is 512 g/mol. The van der Waals surface area contributed by atoms with E-state index in [0.717, 1.165) is 26.6 Å². The minimum Gasteiger partial charge on any atom is -0.389 e. The second-order valence-corrected chi connectivity index (χ2v) is 10.4. The van der Waals surface area contributed by atoms with Crippen molar-refractivity contribution in [3.8, 4) is 0 Å². The molecule has 0 aliphatic carbocycles.